The Kier molecular flexibility index (Phi) is 3.73. The normalized spacial score (nSPS) is 28.3. The van der Waals surface area contributed by atoms with Gasteiger partial charge >= 0.3 is 0 Å². The average molecular weight is 301 g/mol. The first-order chi connectivity index (χ1) is 10.5. The van der Waals surface area contributed by atoms with E-state index in [2.05, 4.69) is 5.32 Å². The fraction of sp³-hybridized carbons (Fsp3) is 0.500. The van der Waals surface area contributed by atoms with Crippen LogP contribution in [0, 0.1) is 19.8 Å². The monoisotopic (exact) mass is 301 g/mol. The topological polar surface area (TPSA) is 69.6 Å². The summed E-state index contributed by atoms with van der Waals surface area (Å²) in [7, 11) is 0. The number of hydrogen-bond acceptors (Lipinski definition) is 3. The molecule has 0 atom stereocenters. The lowest BCUT2D eigenvalue weighted by Crippen LogP contribution is -2.47. The van der Waals surface area contributed by atoms with Crippen molar-refractivity contribution in [2.24, 2.45) is 5.92 Å². The zero-order valence-corrected chi connectivity index (χ0v) is 13.1. The molecule has 0 saturated heterocycles. The molecule has 4 nitrogen and oxygen atoms in total. The number of aliphatic hydroxyl groups is 2. The van der Waals surface area contributed by atoms with Gasteiger partial charge in [-0.15, -0.1) is 0 Å². The number of rotatable bonds is 2. The number of carbonyl (C=O) groups is 1. The summed E-state index contributed by atoms with van der Waals surface area (Å²) in [4.78, 5) is 12.5. The van der Waals surface area contributed by atoms with Gasteiger partial charge in [0.15, 0.2) is 0 Å². The zero-order valence-electron chi connectivity index (χ0n) is 13.1. The molecule has 1 aliphatic heterocycles. The van der Waals surface area contributed by atoms with Crippen LogP contribution in [0.2, 0.25) is 0 Å². The lowest BCUT2D eigenvalue weighted by atomic mass is 9.76. The number of carbonyl (C=O) groups excluding carboxylic acids is 1. The SMILES string of the molecule is Cc1ccc(C)c(C2=C(O)[C@]3(CC[C@H](CO)CC3)NC2=O)c1. The Labute approximate surface area is 130 Å². The van der Waals surface area contributed by atoms with E-state index in [0.29, 0.717) is 18.4 Å². The molecule has 118 valence electrons. The van der Waals surface area contributed by atoms with Gasteiger partial charge in [0.25, 0.3) is 5.91 Å². The molecule has 1 spiro atoms. The van der Waals surface area contributed by atoms with Crippen molar-refractivity contribution < 1.29 is 15.0 Å². The van der Waals surface area contributed by atoms with Crippen LogP contribution in [-0.2, 0) is 4.79 Å². The van der Waals surface area contributed by atoms with Crippen LogP contribution >= 0.6 is 0 Å². The maximum atomic E-state index is 12.5. The minimum Gasteiger partial charge on any atom is -0.509 e. The standard InChI is InChI=1S/C18H23NO3/c1-11-3-4-12(2)14(9-11)15-16(21)18(19-17(15)22)7-5-13(10-20)6-8-18/h3-4,9,13,20-21H,5-8,10H2,1-2H3,(H,19,22)/t13-,18+. The molecule has 1 aromatic carbocycles. The fourth-order valence-corrected chi connectivity index (χ4v) is 3.66. The van der Waals surface area contributed by atoms with Crippen molar-refractivity contribution in [3.05, 3.63) is 40.6 Å². The molecular weight excluding hydrogens is 278 g/mol. The smallest absolute Gasteiger partial charge is 0.256 e. The fourth-order valence-electron chi connectivity index (χ4n) is 3.66. The van der Waals surface area contributed by atoms with Crippen LogP contribution in [0.15, 0.2) is 24.0 Å². The maximum absolute atomic E-state index is 12.5. The zero-order chi connectivity index (χ0) is 15.9. The van der Waals surface area contributed by atoms with Gasteiger partial charge < -0.3 is 15.5 Å². The number of aryl methyl sites for hydroxylation is 2. The van der Waals surface area contributed by atoms with E-state index in [0.717, 1.165) is 29.5 Å². The second kappa shape index (κ2) is 5.43. The van der Waals surface area contributed by atoms with Gasteiger partial charge in [-0.05, 0) is 56.6 Å². The molecular formula is C18H23NO3. The molecule has 3 rings (SSSR count). The third-order valence-electron chi connectivity index (χ3n) is 5.15. The Morgan fingerprint density at radius 3 is 2.59 bits per heavy atom. The van der Waals surface area contributed by atoms with E-state index in [4.69, 9.17) is 0 Å². The molecule has 1 saturated carbocycles. The maximum Gasteiger partial charge on any atom is 0.256 e. The summed E-state index contributed by atoms with van der Waals surface area (Å²) in [5.41, 5.74) is 2.66. The molecule has 0 unspecified atom stereocenters. The van der Waals surface area contributed by atoms with Gasteiger partial charge in [-0.3, -0.25) is 4.79 Å². The molecule has 4 heteroatoms. The molecule has 1 aliphatic carbocycles. The van der Waals surface area contributed by atoms with Crippen LogP contribution in [0.5, 0.6) is 0 Å². The molecule has 0 aromatic heterocycles. The quantitative estimate of drug-likeness (QED) is 0.786. The van der Waals surface area contributed by atoms with Crippen molar-refractivity contribution in [1.82, 2.24) is 5.32 Å². The predicted octanol–water partition coefficient (Wildman–Crippen LogP) is 2.62. The molecule has 2 aliphatic rings. The lowest BCUT2D eigenvalue weighted by molar-refractivity contribution is -0.116. The molecule has 1 aromatic rings. The first kappa shape index (κ1) is 15.1. The molecule has 1 amide bonds. The van der Waals surface area contributed by atoms with Crippen molar-refractivity contribution in [2.45, 2.75) is 45.1 Å². The lowest BCUT2D eigenvalue weighted by Gasteiger charge is -2.36. The first-order valence-corrected chi connectivity index (χ1v) is 7.91. The van der Waals surface area contributed by atoms with E-state index in [1.807, 2.05) is 32.0 Å². The van der Waals surface area contributed by atoms with Crippen molar-refractivity contribution >= 4 is 11.5 Å². The van der Waals surface area contributed by atoms with Crippen LogP contribution in [0.4, 0.5) is 0 Å². The average Bonchev–Trinajstić information content (AvgIpc) is 2.74. The summed E-state index contributed by atoms with van der Waals surface area (Å²) in [6, 6.07) is 5.94. The third kappa shape index (κ3) is 2.31. The predicted molar refractivity (Wildman–Crippen MR) is 85.4 cm³/mol. The summed E-state index contributed by atoms with van der Waals surface area (Å²) in [5.74, 6) is 0.274. The third-order valence-corrected chi connectivity index (χ3v) is 5.15. The number of benzene rings is 1. The second-order valence-corrected chi connectivity index (χ2v) is 6.70. The largest absolute Gasteiger partial charge is 0.509 e. The molecule has 1 fully saturated rings. The Bertz CT molecular complexity index is 640. The van der Waals surface area contributed by atoms with Crippen LogP contribution in [-0.4, -0.2) is 28.3 Å². The summed E-state index contributed by atoms with van der Waals surface area (Å²) >= 11 is 0. The van der Waals surface area contributed by atoms with E-state index in [1.54, 1.807) is 0 Å². The van der Waals surface area contributed by atoms with Gasteiger partial charge in [-0.1, -0.05) is 23.8 Å². The van der Waals surface area contributed by atoms with Crippen LogP contribution < -0.4 is 5.32 Å². The Morgan fingerprint density at radius 2 is 1.95 bits per heavy atom. The summed E-state index contributed by atoms with van der Waals surface area (Å²) in [6.45, 7) is 4.12. The van der Waals surface area contributed by atoms with Gasteiger partial charge in [0.2, 0.25) is 0 Å². The van der Waals surface area contributed by atoms with E-state index in [9.17, 15) is 15.0 Å². The number of aliphatic hydroxyl groups excluding tert-OH is 2. The summed E-state index contributed by atoms with van der Waals surface area (Å²) in [5, 5.41) is 23.1. The van der Waals surface area contributed by atoms with E-state index < -0.39 is 5.54 Å². The molecule has 0 radical (unpaired) electrons. The minimum atomic E-state index is -0.631. The van der Waals surface area contributed by atoms with Crippen LogP contribution in [0.25, 0.3) is 5.57 Å². The summed E-state index contributed by atoms with van der Waals surface area (Å²) < 4.78 is 0. The highest BCUT2D eigenvalue weighted by molar-refractivity contribution is 6.23. The van der Waals surface area contributed by atoms with Gasteiger partial charge in [-0.25, -0.2) is 0 Å². The Morgan fingerprint density at radius 1 is 1.27 bits per heavy atom. The van der Waals surface area contributed by atoms with E-state index in [-0.39, 0.29) is 24.2 Å². The second-order valence-electron chi connectivity index (χ2n) is 6.70. The molecule has 1 heterocycles. The van der Waals surface area contributed by atoms with Crippen LogP contribution in [0.3, 0.4) is 0 Å². The van der Waals surface area contributed by atoms with Crippen molar-refractivity contribution in [2.75, 3.05) is 6.61 Å². The highest BCUT2D eigenvalue weighted by Gasteiger charge is 2.47. The molecule has 22 heavy (non-hydrogen) atoms. The molecule has 0 bridgehead atoms. The van der Waals surface area contributed by atoms with Crippen LogP contribution in [0.1, 0.15) is 42.4 Å². The van der Waals surface area contributed by atoms with Gasteiger partial charge in [0.05, 0.1) is 11.1 Å². The first-order valence-electron chi connectivity index (χ1n) is 7.91. The summed E-state index contributed by atoms with van der Waals surface area (Å²) in [6.07, 6.45) is 3.01. The number of nitrogens with one attached hydrogen (secondary N) is 1. The highest BCUT2D eigenvalue weighted by Crippen LogP contribution is 2.43. The minimum absolute atomic E-state index is 0.179. The van der Waals surface area contributed by atoms with Gasteiger partial charge in [0.1, 0.15) is 5.76 Å². The van der Waals surface area contributed by atoms with Crippen molar-refractivity contribution in [3.63, 3.8) is 0 Å². The highest BCUT2D eigenvalue weighted by atomic mass is 16.3. The number of amides is 1. The Balaban J connectivity index is 2.00. The Hall–Kier alpha value is -1.81. The molecule has 3 N–H and O–H groups in total. The van der Waals surface area contributed by atoms with Crippen molar-refractivity contribution in [1.29, 1.82) is 0 Å². The van der Waals surface area contributed by atoms with Gasteiger partial charge in [0, 0.05) is 6.61 Å². The van der Waals surface area contributed by atoms with E-state index >= 15 is 0 Å². The van der Waals surface area contributed by atoms with E-state index in [1.165, 1.54) is 0 Å². The van der Waals surface area contributed by atoms with Gasteiger partial charge in [-0.2, -0.15) is 0 Å². The number of hydrogen-bond donors (Lipinski definition) is 3. The van der Waals surface area contributed by atoms with Crippen molar-refractivity contribution in [3.8, 4) is 0 Å².